The maximum atomic E-state index is 15.4. The topological polar surface area (TPSA) is 112 Å². The zero-order chi connectivity index (χ0) is 27.3. The fourth-order valence-corrected chi connectivity index (χ4v) is 5.40. The molecule has 3 aromatic heterocycles. The number of halogens is 3. The van der Waals surface area contributed by atoms with Crippen molar-refractivity contribution in [2.75, 3.05) is 13.1 Å². The average molecular weight is 634 g/mol. The third kappa shape index (κ3) is 5.94. The molecule has 1 aliphatic rings. The van der Waals surface area contributed by atoms with E-state index in [1.165, 1.54) is 11.0 Å². The van der Waals surface area contributed by atoms with Crippen LogP contribution in [0.4, 0.5) is 13.6 Å². The molecule has 42 heavy (non-hydrogen) atoms. The standard InChI is InChI=1S/C27H22ClF2N7O2.CH4.2H2S/c1-14-35-23-12-34-22-11-20(29)17(16-4-3-15(9-19(16)28)39-27-32-6-2-7-33-27)10-18(22)25(23)37(14)24-5-8-36(26(31)38)13-21(24)30;;;/h2-4,6-7,9-12,21,24H,5,8,13H2,1H3,(H2,31,38);1H4;2*1H2/t21-,24-;;;/m0.../s1. The molecule has 222 valence electrons. The van der Waals surface area contributed by atoms with Gasteiger partial charge in [0.05, 0.1) is 34.8 Å². The first-order valence-corrected chi connectivity index (χ1v) is 12.6. The number of pyridine rings is 1. The van der Waals surface area contributed by atoms with Crippen LogP contribution in [-0.4, -0.2) is 54.7 Å². The van der Waals surface area contributed by atoms with Gasteiger partial charge in [-0.05, 0) is 37.6 Å². The number of amides is 2. The number of carbonyl (C=O) groups excluding carboxylic acids is 1. The zero-order valence-corrected chi connectivity index (χ0v) is 24.4. The van der Waals surface area contributed by atoms with Crippen molar-refractivity contribution < 1.29 is 18.3 Å². The van der Waals surface area contributed by atoms with Crippen LogP contribution >= 0.6 is 38.6 Å². The van der Waals surface area contributed by atoms with Crippen LogP contribution < -0.4 is 10.5 Å². The number of benzene rings is 2. The number of urea groups is 1. The van der Waals surface area contributed by atoms with Crippen LogP contribution in [0, 0.1) is 12.7 Å². The van der Waals surface area contributed by atoms with E-state index in [1.807, 2.05) is 4.57 Å². The van der Waals surface area contributed by atoms with Crippen LogP contribution in [0.15, 0.2) is 55.0 Å². The number of hydrogen-bond donors (Lipinski definition) is 1. The quantitative estimate of drug-likeness (QED) is 0.243. The van der Waals surface area contributed by atoms with Crippen molar-refractivity contribution in [1.82, 2.24) is 29.4 Å². The Kier molecular flexibility index (Phi) is 10.2. The number of ether oxygens (including phenoxy) is 1. The molecule has 0 saturated carbocycles. The summed E-state index contributed by atoms with van der Waals surface area (Å²) in [5.41, 5.74) is 7.64. The summed E-state index contributed by atoms with van der Waals surface area (Å²) in [6, 6.07) is 8.44. The lowest BCUT2D eigenvalue weighted by Gasteiger charge is -2.35. The minimum absolute atomic E-state index is 0. The predicted molar refractivity (Wildman–Crippen MR) is 169 cm³/mol. The Morgan fingerprint density at radius 2 is 1.83 bits per heavy atom. The highest BCUT2D eigenvalue weighted by atomic mass is 35.5. The predicted octanol–water partition coefficient (Wildman–Crippen LogP) is 6.46. The molecule has 2 N–H and O–H groups in total. The Morgan fingerprint density at radius 1 is 1.10 bits per heavy atom. The van der Waals surface area contributed by atoms with Crippen LogP contribution in [0.3, 0.4) is 0 Å². The molecule has 1 fully saturated rings. The molecule has 9 nitrogen and oxygen atoms in total. The van der Waals surface area contributed by atoms with Crippen LogP contribution in [-0.2, 0) is 0 Å². The van der Waals surface area contributed by atoms with Crippen molar-refractivity contribution in [3.05, 3.63) is 71.7 Å². The van der Waals surface area contributed by atoms with Crippen LogP contribution in [0.25, 0.3) is 33.1 Å². The molecule has 14 heteroatoms. The molecular formula is C28H30ClF2N7O2S2. The Hall–Kier alpha value is -3.68. The number of nitrogens with two attached hydrogens (primary N) is 1. The Bertz CT molecular complexity index is 1740. The maximum Gasteiger partial charge on any atom is 0.321 e. The molecule has 2 amide bonds. The molecular weight excluding hydrogens is 604 g/mol. The number of hydrogen-bond acceptors (Lipinski definition) is 6. The summed E-state index contributed by atoms with van der Waals surface area (Å²) in [7, 11) is 0. The summed E-state index contributed by atoms with van der Waals surface area (Å²) in [6.07, 6.45) is 3.65. The van der Waals surface area contributed by atoms with Gasteiger partial charge in [0.1, 0.15) is 29.1 Å². The van der Waals surface area contributed by atoms with Crippen LogP contribution in [0.5, 0.6) is 11.8 Å². The number of carbonyl (C=O) groups is 1. The van der Waals surface area contributed by atoms with E-state index in [9.17, 15) is 4.79 Å². The molecule has 1 aliphatic heterocycles. The Labute approximate surface area is 260 Å². The largest absolute Gasteiger partial charge is 0.424 e. The summed E-state index contributed by atoms with van der Waals surface area (Å²) in [5, 5.41) is 0.859. The van der Waals surface area contributed by atoms with Crippen molar-refractivity contribution in [2.45, 2.75) is 33.0 Å². The molecule has 0 bridgehead atoms. The van der Waals surface area contributed by atoms with E-state index in [0.29, 0.717) is 52.0 Å². The molecule has 1 saturated heterocycles. The van der Waals surface area contributed by atoms with Gasteiger partial charge in [0, 0.05) is 47.6 Å². The van der Waals surface area contributed by atoms with Gasteiger partial charge in [-0.15, -0.1) is 0 Å². The SMILES string of the molecule is C.Cc1nc2cnc3cc(F)c(-c4ccc(Oc5ncccn5)cc4Cl)cc3c2n1[C@H]1CCN(C(N)=O)C[C@@H]1F.S.S. The molecule has 5 aromatic rings. The van der Waals surface area contributed by atoms with Gasteiger partial charge >= 0.3 is 12.0 Å². The minimum Gasteiger partial charge on any atom is -0.424 e. The number of piperidine rings is 1. The lowest BCUT2D eigenvalue weighted by Crippen LogP contribution is -2.47. The number of alkyl halides is 1. The fourth-order valence-electron chi connectivity index (χ4n) is 5.13. The highest BCUT2D eigenvalue weighted by Gasteiger charge is 2.34. The number of primary amides is 1. The van der Waals surface area contributed by atoms with E-state index in [0.717, 1.165) is 0 Å². The van der Waals surface area contributed by atoms with Gasteiger partial charge in [-0.25, -0.2) is 28.5 Å². The van der Waals surface area contributed by atoms with Gasteiger partial charge in [0.2, 0.25) is 0 Å². The monoisotopic (exact) mass is 633 g/mol. The van der Waals surface area contributed by atoms with Crippen molar-refractivity contribution in [3.8, 4) is 22.9 Å². The summed E-state index contributed by atoms with van der Waals surface area (Å²) in [5.74, 6) is 0.468. The number of rotatable bonds is 4. The second-order valence-corrected chi connectivity index (χ2v) is 9.71. The lowest BCUT2D eigenvalue weighted by molar-refractivity contribution is 0.108. The molecule has 0 aliphatic carbocycles. The van der Waals surface area contributed by atoms with E-state index < -0.39 is 24.1 Å². The summed E-state index contributed by atoms with van der Waals surface area (Å²) in [6.45, 7) is 2.00. The van der Waals surface area contributed by atoms with Gasteiger partial charge in [-0.2, -0.15) is 27.0 Å². The zero-order valence-electron chi connectivity index (χ0n) is 21.7. The molecule has 6 rings (SSSR count). The fraction of sp³-hybridized carbons (Fsp3) is 0.250. The second kappa shape index (κ2) is 13.1. The molecule has 0 radical (unpaired) electrons. The third-order valence-corrected chi connectivity index (χ3v) is 7.23. The molecule has 2 aromatic carbocycles. The second-order valence-electron chi connectivity index (χ2n) is 9.30. The lowest BCUT2D eigenvalue weighted by atomic mass is 10.00. The molecule has 0 spiro atoms. The number of fused-ring (bicyclic) bond motifs is 3. The number of imidazole rings is 1. The van der Waals surface area contributed by atoms with E-state index >= 15 is 8.78 Å². The van der Waals surface area contributed by atoms with Crippen molar-refractivity contribution in [1.29, 1.82) is 0 Å². The van der Waals surface area contributed by atoms with Crippen LogP contribution in [0.2, 0.25) is 5.02 Å². The van der Waals surface area contributed by atoms with Gasteiger partial charge in [-0.1, -0.05) is 19.0 Å². The normalized spacial score (nSPS) is 16.3. The minimum atomic E-state index is -1.36. The summed E-state index contributed by atoms with van der Waals surface area (Å²) < 4.78 is 38.2. The van der Waals surface area contributed by atoms with Crippen molar-refractivity contribution in [2.24, 2.45) is 5.73 Å². The average Bonchev–Trinajstić information content (AvgIpc) is 3.25. The molecule has 2 atom stereocenters. The molecule has 0 unspecified atom stereocenters. The highest BCUT2D eigenvalue weighted by Crippen LogP contribution is 2.38. The van der Waals surface area contributed by atoms with E-state index in [-0.39, 0.29) is 57.6 Å². The van der Waals surface area contributed by atoms with Gasteiger partial charge in [-0.3, -0.25) is 4.98 Å². The van der Waals surface area contributed by atoms with Crippen molar-refractivity contribution >= 4 is 66.6 Å². The summed E-state index contributed by atoms with van der Waals surface area (Å²) in [4.78, 5) is 29.9. The molecule has 4 heterocycles. The van der Waals surface area contributed by atoms with Gasteiger partial charge in [0.15, 0.2) is 0 Å². The van der Waals surface area contributed by atoms with Crippen molar-refractivity contribution in [3.63, 3.8) is 0 Å². The first kappa shape index (κ1) is 32.8. The van der Waals surface area contributed by atoms with E-state index in [2.05, 4.69) is 19.9 Å². The summed E-state index contributed by atoms with van der Waals surface area (Å²) >= 11 is 6.57. The van der Waals surface area contributed by atoms with Crippen LogP contribution in [0.1, 0.15) is 25.7 Å². The van der Waals surface area contributed by atoms with E-state index in [1.54, 1.807) is 55.8 Å². The first-order chi connectivity index (χ1) is 18.8. The number of likely N-dealkylation sites (tertiary alicyclic amines) is 1. The van der Waals surface area contributed by atoms with Gasteiger partial charge < -0.3 is 19.9 Å². The number of nitrogens with zero attached hydrogens (tertiary/aromatic N) is 6. The first-order valence-electron chi connectivity index (χ1n) is 12.2. The Balaban J connectivity index is 0.00000161. The Morgan fingerprint density at radius 3 is 2.50 bits per heavy atom. The third-order valence-electron chi connectivity index (χ3n) is 6.91. The number of aryl methyl sites for hydroxylation is 1. The number of aromatic nitrogens is 5. The maximum absolute atomic E-state index is 15.4. The smallest absolute Gasteiger partial charge is 0.321 e. The van der Waals surface area contributed by atoms with E-state index in [4.69, 9.17) is 22.1 Å². The highest BCUT2D eigenvalue weighted by molar-refractivity contribution is 7.59. The van der Waals surface area contributed by atoms with Gasteiger partial charge in [0.25, 0.3) is 0 Å².